The number of carboxylic acids is 1. The fraction of sp³-hybridized carbons (Fsp3) is 0.714. The largest absolute Gasteiger partial charge is 0.481 e. The fourth-order valence-corrected chi connectivity index (χ4v) is 2.31. The lowest BCUT2D eigenvalue weighted by Gasteiger charge is -2.37. The quantitative estimate of drug-likeness (QED) is 0.711. The molecule has 0 aromatic heterocycles. The Morgan fingerprint density at radius 1 is 1.30 bits per heavy atom. The van der Waals surface area contributed by atoms with Crippen LogP contribution < -0.4 is 0 Å². The van der Waals surface area contributed by atoms with E-state index >= 15 is 0 Å². The normalized spacial score (nSPS) is 15.9. The Morgan fingerprint density at radius 2 is 1.95 bits per heavy atom. The maximum absolute atomic E-state index is 12.3. The van der Waals surface area contributed by atoms with Crippen LogP contribution in [0.4, 0.5) is 4.79 Å². The van der Waals surface area contributed by atoms with Gasteiger partial charge in [-0.3, -0.25) is 9.69 Å². The lowest BCUT2D eigenvalue weighted by molar-refractivity contribution is -0.137. The number of nitrogens with zero attached hydrogens (tertiary/aromatic N) is 3. The van der Waals surface area contributed by atoms with Crippen LogP contribution in [0.3, 0.4) is 0 Å². The lowest BCUT2D eigenvalue weighted by Crippen LogP contribution is -2.53. The van der Waals surface area contributed by atoms with Crippen molar-refractivity contribution in [3.63, 3.8) is 0 Å². The summed E-state index contributed by atoms with van der Waals surface area (Å²) in [5.74, 6) is -0.774. The van der Waals surface area contributed by atoms with Gasteiger partial charge in [-0.2, -0.15) is 0 Å². The molecule has 6 heteroatoms. The highest BCUT2D eigenvalue weighted by Crippen LogP contribution is 2.07. The van der Waals surface area contributed by atoms with Gasteiger partial charge in [0.2, 0.25) is 0 Å². The summed E-state index contributed by atoms with van der Waals surface area (Å²) < 4.78 is 0. The first-order chi connectivity index (χ1) is 9.58. The van der Waals surface area contributed by atoms with E-state index in [2.05, 4.69) is 11.5 Å². The molecule has 1 rings (SSSR count). The summed E-state index contributed by atoms with van der Waals surface area (Å²) >= 11 is 0. The highest BCUT2D eigenvalue weighted by Gasteiger charge is 2.24. The third-order valence-electron chi connectivity index (χ3n) is 3.40. The number of hydrogen-bond donors (Lipinski definition) is 1. The number of rotatable bonds is 7. The Hall–Kier alpha value is -1.56. The van der Waals surface area contributed by atoms with Gasteiger partial charge in [0.15, 0.2) is 0 Å². The Bertz CT molecular complexity index is 339. The molecule has 20 heavy (non-hydrogen) atoms. The number of urea groups is 1. The van der Waals surface area contributed by atoms with Gasteiger partial charge in [-0.15, -0.1) is 6.58 Å². The van der Waals surface area contributed by atoms with Crippen molar-refractivity contribution in [3.05, 3.63) is 12.7 Å². The van der Waals surface area contributed by atoms with Gasteiger partial charge in [0, 0.05) is 45.8 Å². The van der Waals surface area contributed by atoms with Crippen LogP contribution >= 0.6 is 0 Å². The van der Waals surface area contributed by atoms with E-state index in [0.29, 0.717) is 26.2 Å². The van der Waals surface area contributed by atoms with Gasteiger partial charge in [0.05, 0.1) is 6.42 Å². The summed E-state index contributed by atoms with van der Waals surface area (Å²) in [5.41, 5.74) is 0. The van der Waals surface area contributed by atoms with Crippen LogP contribution in [0.15, 0.2) is 12.7 Å². The summed E-state index contributed by atoms with van der Waals surface area (Å²) in [6.07, 6.45) is 2.83. The molecule has 0 saturated carbocycles. The molecule has 0 unspecified atom stereocenters. The number of piperazine rings is 1. The second kappa shape index (κ2) is 8.58. The lowest BCUT2D eigenvalue weighted by atomic mass is 10.3. The topological polar surface area (TPSA) is 64.1 Å². The summed E-state index contributed by atoms with van der Waals surface area (Å²) in [5, 5.41) is 8.67. The zero-order valence-electron chi connectivity index (χ0n) is 12.3. The number of aliphatic carboxylic acids is 1. The summed E-state index contributed by atoms with van der Waals surface area (Å²) in [4.78, 5) is 28.6. The van der Waals surface area contributed by atoms with Crippen molar-refractivity contribution in [2.45, 2.75) is 19.8 Å². The molecule has 0 aromatic rings. The molecule has 0 spiro atoms. The van der Waals surface area contributed by atoms with Crippen molar-refractivity contribution in [1.29, 1.82) is 0 Å². The first-order valence-corrected chi connectivity index (χ1v) is 7.17. The van der Waals surface area contributed by atoms with Crippen LogP contribution in [0.1, 0.15) is 19.8 Å². The number of carboxylic acid groups (broad SMARTS) is 1. The van der Waals surface area contributed by atoms with Gasteiger partial charge in [0.1, 0.15) is 0 Å². The van der Waals surface area contributed by atoms with Gasteiger partial charge in [-0.25, -0.2) is 4.79 Å². The smallest absolute Gasteiger partial charge is 0.320 e. The molecule has 0 aliphatic carbocycles. The summed E-state index contributed by atoms with van der Waals surface area (Å²) in [7, 11) is 0. The maximum Gasteiger partial charge on any atom is 0.320 e. The number of carbonyl (C=O) groups excluding carboxylic acids is 1. The molecule has 0 aromatic carbocycles. The molecule has 0 atom stereocenters. The third kappa shape index (κ3) is 5.21. The minimum absolute atomic E-state index is 0.0598. The van der Waals surface area contributed by atoms with Crippen molar-refractivity contribution in [2.75, 3.05) is 45.8 Å². The predicted molar refractivity (Wildman–Crippen MR) is 77.7 cm³/mol. The van der Waals surface area contributed by atoms with E-state index in [1.807, 2.05) is 11.8 Å². The molecule has 1 aliphatic heterocycles. The van der Waals surface area contributed by atoms with E-state index in [-0.39, 0.29) is 12.5 Å². The maximum atomic E-state index is 12.3. The molecular formula is C14H25N3O3. The van der Waals surface area contributed by atoms with Gasteiger partial charge in [-0.05, 0) is 6.42 Å². The minimum atomic E-state index is -0.774. The van der Waals surface area contributed by atoms with E-state index in [0.717, 1.165) is 26.1 Å². The Morgan fingerprint density at radius 3 is 2.45 bits per heavy atom. The van der Waals surface area contributed by atoms with Gasteiger partial charge < -0.3 is 14.9 Å². The number of carbonyl (C=O) groups is 2. The Kier molecular flexibility index (Phi) is 7.08. The van der Waals surface area contributed by atoms with Crippen LogP contribution in [0.5, 0.6) is 0 Å². The average Bonchev–Trinajstić information content (AvgIpc) is 2.44. The molecule has 1 fully saturated rings. The molecule has 6 nitrogen and oxygen atoms in total. The van der Waals surface area contributed by atoms with Gasteiger partial charge >= 0.3 is 12.0 Å². The molecule has 1 heterocycles. The first kappa shape index (κ1) is 16.5. The Labute approximate surface area is 120 Å². The van der Waals surface area contributed by atoms with E-state index in [4.69, 9.17) is 5.11 Å². The average molecular weight is 283 g/mol. The van der Waals surface area contributed by atoms with Crippen molar-refractivity contribution < 1.29 is 14.7 Å². The van der Waals surface area contributed by atoms with Gasteiger partial charge in [-0.1, -0.05) is 13.0 Å². The van der Waals surface area contributed by atoms with Crippen LogP contribution in [0.25, 0.3) is 0 Å². The second-order valence-electron chi connectivity index (χ2n) is 4.99. The zero-order chi connectivity index (χ0) is 15.0. The predicted octanol–water partition coefficient (Wildman–Crippen LogP) is 1.10. The van der Waals surface area contributed by atoms with Crippen LogP contribution in [-0.4, -0.2) is 77.6 Å². The van der Waals surface area contributed by atoms with E-state index in [9.17, 15) is 9.59 Å². The zero-order valence-corrected chi connectivity index (χ0v) is 12.3. The molecular weight excluding hydrogens is 258 g/mol. The van der Waals surface area contributed by atoms with Gasteiger partial charge in [0.25, 0.3) is 0 Å². The summed E-state index contributed by atoms with van der Waals surface area (Å²) in [6, 6.07) is 0.0598. The minimum Gasteiger partial charge on any atom is -0.481 e. The molecule has 2 amide bonds. The third-order valence-corrected chi connectivity index (χ3v) is 3.40. The molecule has 1 saturated heterocycles. The van der Waals surface area contributed by atoms with Crippen LogP contribution in [0, 0.1) is 0 Å². The highest BCUT2D eigenvalue weighted by molar-refractivity contribution is 5.74. The molecule has 1 N–H and O–H groups in total. The van der Waals surface area contributed by atoms with Crippen molar-refractivity contribution in [2.24, 2.45) is 0 Å². The summed E-state index contributed by atoms with van der Waals surface area (Å²) in [6.45, 7) is 10.4. The van der Waals surface area contributed by atoms with Crippen molar-refractivity contribution >= 4 is 12.0 Å². The monoisotopic (exact) mass is 283 g/mol. The molecule has 0 radical (unpaired) electrons. The fourth-order valence-electron chi connectivity index (χ4n) is 2.31. The molecule has 114 valence electrons. The van der Waals surface area contributed by atoms with E-state index in [1.54, 1.807) is 11.0 Å². The number of hydrogen-bond acceptors (Lipinski definition) is 3. The SMILES string of the molecule is C=CCN(CCC)C(=O)N1CCN(CCC(=O)O)CC1. The van der Waals surface area contributed by atoms with Crippen molar-refractivity contribution in [1.82, 2.24) is 14.7 Å². The highest BCUT2D eigenvalue weighted by atomic mass is 16.4. The first-order valence-electron chi connectivity index (χ1n) is 7.17. The number of amides is 2. The standard InChI is InChI=1S/C14H25N3O3/c1-3-6-16(7-4-2)14(20)17-11-9-15(10-12-17)8-5-13(18)19/h3H,1,4-12H2,2H3,(H,18,19). The molecule has 1 aliphatic rings. The van der Waals surface area contributed by atoms with E-state index in [1.165, 1.54) is 0 Å². The second-order valence-corrected chi connectivity index (χ2v) is 4.99. The molecule has 0 bridgehead atoms. The van der Waals surface area contributed by atoms with E-state index < -0.39 is 5.97 Å². The Balaban J connectivity index is 2.40. The van der Waals surface area contributed by atoms with Crippen LogP contribution in [0.2, 0.25) is 0 Å². The van der Waals surface area contributed by atoms with Crippen molar-refractivity contribution in [3.8, 4) is 0 Å². The van der Waals surface area contributed by atoms with Crippen LogP contribution in [-0.2, 0) is 4.79 Å².